The van der Waals surface area contributed by atoms with E-state index in [0.29, 0.717) is 11.2 Å². The summed E-state index contributed by atoms with van der Waals surface area (Å²) in [6.45, 7) is 7.35. The summed E-state index contributed by atoms with van der Waals surface area (Å²) >= 11 is 1.03. The molecule has 0 bridgehead atoms. The molecule has 1 unspecified atom stereocenters. The highest BCUT2D eigenvalue weighted by molar-refractivity contribution is 7.12. The van der Waals surface area contributed by atoms with E-state index in [-0.39, 0.29) is 49.4 Å². The fourth-order valence-electron chi connectivity index (χ4n) is 5.77. The molecule has 0 spiro atoms. The number of piperidine rings is 1. The fraction of sp³-hybridized carbons (Fsp3) is 0.485. The summed E-state index contributed by atoms with van der Waals surface area (Å²) in [5.74, 6) is -2.51. The van der Waals surface area contributed by atoms with Crippen molar-refractivity contribution < 1.29 is 32.6 Å². The Morgan fingerprint density at radius 3 is 2.33 bits per heavy atom. The summed E-state index contributed by atoms with van der Waals surface area (Å²) in [5, 5.41) is 18.5. The summed E-state index contributed by atoms with van der Waals surface area (Å²) in [7, 11) is 1.70. The Balaban J connectivity index is 1.24. The fourth-order valence-corrected chi connectivity index (χ4v) is 6.77. The van der Waals surface area contributed by atoms with Gasteiger partial charge in [-0.2, -0.15) is 18.3 Å². The van der Waals surface area contributed by atoms with Crippen molar-refractivity contribution in [2.45, 2.75) is 83.3 Å². The van der Waals surface area contributed by atoms with Gasteiger partial charge in [-0.25, -0.2) is 9.78 Å². The number of hydrogen-bond acceptors (Lipinski definition) is 8. The zero-order chi connectivity index (χ0) is 35.0. The number of ether oxygens (including phenoxy) is 1. The predicted molar refractivity (Wildman–Crippen MR) is 175 cm³/mol. The lowest BCUT2D eigenvalue weighted by molar-refractivity contribution is -0.161. The molecular formula is C33H39F3N6O5S. The minimum atomic E-state index is -4.56. The van der Waals surface area contributed by atoms with Gasteiger partial charge in [-0.1, -0.05) is 24.3 Å². The number of carbonyl (C=O) groups is 2. The van der Waals surface area contributed by atoms with Gasteiger partial charge < -0.3 is 20.1 Å². The lowest BCUT2D eigenvalue weighted by atomic mass is 9.90. The van der Waals surface area contributed by atoms with E-state index in [9.17, 15) is 32.7 Å². The number of carbonyl (C=O) groups excluding carboxylic acids is 2. The number of alkyl halides is 3. The van der Waals surface area contributed by atoms with Crippen molar-refractivity contribution in [3.63, 3.8) is 0 Å². The second-order valence-corrected chi connectivity index (χ2v) is 14.6. The van der Waals surface area contributed by atoms with E-state index in [4.69, 9.17) is 4.74 Å². The van der Waals surface area contributed by atoms with Crippen LogP contribution in [-0.2, 0) is 29.7 Å². The van der Waals surface area contributed by atoms with E-state index in [2.05, 4.69) is 15.4 Å². The topological polar surface area (TPSA) is 132 Å². The number of hydrogen-bond donors (Lipinski definition) is 2. The minimum absolute atomic E-state index is 0.0603. The first-order valence-electron chi connectivity index (χ1n) is 15.5. The number of alkyl carbamates (subject to hydrolysis) is 1. The molecule has 1 atom stereocenters. The molecule has 2 amide bonds. The molecule has 1 aliphatic heterocycles. The number of aromatic nitrogens is 4. The summed E-state index contributed by atoms with van der Waals surface area (Å²) in [5.41, 5.74) is 0.271. The van der Waals surface area contributed by atoms with Crippen LogP contribution in [0.15, 0.2) is 47.5 Å². The lowest BCUT2D eigenvalue weighted by Crippen LogP contribution is -2.50. The molecule has 1 saturated heterocycles. The summed E-state index contributed by atoms with van der Waals surface area (Å²) in [4.78, 5) is 45.1. The molecular weight excluding hydrogens is 649 g/mol. The molecule has 1 aliphatic rings. The van der Waals surface area contributed by atoms with Gasteiger partial charge in [-0.15, -0.1) is 11.3 Å². The van der Waals surface area contributed by atoms with Crippen molar-refractivity contribution >= 4 is 34.4 Å². The Morgan fingerprint density at radius 1 is 1.08 bits per heavy atom. The Kier molecular flexibility index (Phi) is 9.75. The van der Waals surface area contributed by atoms with E-state index in [0.717, 1.165) is 27.3 Å². The number of likely N-dealkylation sites (tertiary alicyclic amines) is 1. The van der Waals surface area contributed by atoms with Gasteiger partial charge in [-0.05, 0) is 58.2 Å². The SMILES string of the molecule is Cc1ccc(C(CC(=O)N2CCC(O)(Cn3cnc4c(-c5ccc(CNC(=O)OC(C)(C)C)cc5)n(C)nc4c3=O)CC2)C(F)(F)F)s1. The van der Waals surface area contributed by atoms with E-state index in [1.165, 1.54) is 21.9 Å². The molecule has 48 heavy (non-hydrogen) atoms. The minimum Gasteiger partial charge on any atom is -0.444 e. The molecule has 2 N–H and O–H groups in total. The summed E-state index contributed by atoms with van der Waals surface area (Å²) < 4.78 is 49.6. The average Bonchev–Trinajstić information content (AvgIpc) is 3.57. The molecule has 258 valence electrons. The highest BCUT2D eigenvalue weighted by atomic mass is 32.1. The van der Waals surface area contributed by atoms with Crippen LogP contribution in [0.5, 0.6) is 0 Å². The zero-order valence-electron chi connectivity index (χ0n) is 27.4. The third-order valence-corrected chi connectivity index (χ3v) is 9.38. The number of aliphatic hydroxyl groups is 1. The first-order valence-corrected chi connectivity index (χ1v) is 16.4. The lowest BCUT2D eigenvalue weighted by Gasteiger charge is -2.38. The van der Waals surface area contributed by atoms with Crippen LogP contribution in [0.2, 0.25) is 0 Å². The van der Waals surface area contributed by atoms with Gasteiger partial charge in [0.25, 0.3) is 5.56 Å². The van der Waals surface area contributed by atoms with Crippen molar-refractivity contribution in [3.8, 4) is 11.3 Å². The summed E-state index contributed by atoms with van der Waals surface area (Å²) in [6, 6.07) is 10.4. The van der Waals surface area contributed by atoms with E-state index < -0.39 is 47.3 Å². The van der Waals surface area contributed by atoms with Crippen LogP contribution in [0.4, 0.5) is 18.0 Å². The highest BCUT2D eigenvalue weighted by Crippen LogP contribution is 2.41. The quantitative estimate of drug-likeness (QED) is 0.258. The van der Waals surface area contributed by atoms with Gasteiger partial charge in [0.05, 0.1) is 30.1 Å². The highest BCUT2D eigenvalue weighted by Gasteiger charge is 2.44. The molecule has 1 fully saturated rings. The number of nitrogens with one attached hydrogen (secondary N) is 1. The largest absolute Gasteiger partial charge is 0.444 e. The number of aryl methyl sites for hydroxylation is 2. The number of amides is 2. The molecule has 4 heterocycles. The first kappa shape index (κ1) is 35.1. The van der Waals surface area contributed by atoms with Gasteiger partial charge >= 0.3 is 12.3 Å². The maximum Gasteiger partial charge on any atom is 0.407 e. The molecule has 1 aromatic carbocycles. The summed E-state index contributed by atoms with van der Waals surface area (Å²) in [6.07, 6.45) is -4.27. The smallest absolute Gasteiger partial charge is 0.407 e. The molecule has 11 nitrogen and oxygen atoms in total. The Hall–Kier alpha value is -4.24. The standard InChI is InChI=1S/C33H39F3N6O5S/c1-20-6-11-24(48-20)23(33(34,35)36)16-25(43)41-14-12-32(46,13-15-41)18-42-19-38-26-27(29(42)44)39-40(5)28(26)22-9-7-21(8-10-22)17-37-30(45)47-31(2,3)4/h6-11,19,23,46H,12-18H2,1-5H3,(H,37,45). The number of benzene rings is 1. The zero-order valence-corrected chi connectivity index (χ0v) is 28.2. The normalized spacial score (nSPS) is 15.8. The third kappa shape index (κ3) is 8.06. The van der Waals surface area contributed by atoms with Crippen LogP contribution < -0.4 is 10.9 Å². The van der Waals surface area contributed by atoms with E-state index in [1.807, 2.05) is 24.3 Å². The van der Waals surface area contributed by atoms with Crippen LogP contribution in [-0.4, -0.2) is 71.8 Å². The molecule has 0 aliphatic carbocycles. The van der Waals surface area contributed by atoms with E-state index >= 15 is 0 Å². The van der Waals surface area contributed by atoms with E-state index in [1.54, 1.807) is 45.5 Å². The van der Waals surface area contributed by atoms with Gasteiger partial charge in [0.2, 0.25) is 5.91 Å². The first-order chi connectivity index (χ1) is 22.4. The molecule has 15 heteroatoms. The van der Waals surface area contributed by atoms with Crippen molar-refractivity contribution in [2.24, 2.45) is 7.05 Å². The molecule has 3 aromatic heterocycles. The van der Waals surface area contributed by atoms with Crippen LogP contribution in [0.25, 0.3) is 22.3 Å². The third-order valence-electron chi connectivity index (χ3n) is 8.26. The number of fused-ring (bicyclic) bond motifs is 1. The molecule has 0 radical (unpaired) electrons. The van der Waals surface area contributed by atoms with Crippen LogP contribution in [0.3, 0.4) is 0 Å². The number of rotatable bonds is 8. The predicted octanol–water partition coefficient (Wildman–Crippen LogP) is 5.28. The van der Waals surface area contributed by atoms with Crippen molar-refractivity contribution in [2.75, 3.05) is 13.1 Å². The Bertz CT molecular complexity index is 1850. The van der Waals surface area contributed by atoms with Crippen LogP contribution in [0.1, 0.15) is 61.3 Å². The molecule has 4 aromatic rings. The number of halogens is 3. The van der Waals surface area contributed by atoms with Gasteiger partial charge in [0.1, 0.15) is 11.1 Å². The second kappa shape index (κ2) is 13.3. The Morgan fingerprint density at radius 2 is 1.75 bits per heavy atom. The number of nitrogens with zero attached hydrogens (tertiary/aromatic N) is 5. The van der Waals surface area contributed by atoms with Crippen LogP contribution >= 0.6 is 11.3 Å². The van der Waals surface area contributed by atoms with Crippen molar-refractivity contribution in [1.82, 2.24) is 29.5 Å². The van der Waals surface area contributed by atoms with Crippen molar-refractivity contribution in [3.05, 3.63) is 68.4 Å². The maximum absolute atomic E-state index is 13.8. The monoisotopic (exact) mass is 688 g/mol. The maximum atomic E-state index is 13.8. The Labute approximate surface area is 279 Å². The van der Waals surface area contributed by atoms with Gasteiger partial charge in [0, 0.05) is 48.4 Å². The average molecular weight is 689 g/mol. The second-order valence-electron chi connectivity index (χ2n) is 13.3. The molecule has 0 saturated carbocycles. The van der Waals surface area contributed by atoms with Gasteiger partial charge in [0.15, 0.2) is 5.52 Å². The number of thiophene rings is 1. The van der Waals surface area contributed by atoms with Crippen molar-refractivity contribution in [1.29, 1.82) is 0 Å². The van der Waals surface area contributed by atoms with Gasteiger partial charge in [-0.3, -0.25) is 18.8 Å². The van der Waals surface area contributed by atoms with Crippen LogP contribution in [0, 0.1) is 6.92 Å². The molecule has 5 rings (SSSR count).